The fourth-order valence-corrected chi connectivity index (χ4v) is 2.32. The average Bonchev–Trinajstić information content (AvgIpc) is 2.50. The first kappa shape index (κ1) is 17.8. The van der Waals surface area contributed by atoms with Gasteiger partial charge in [0.2, 0.25) is 11.8 Å². The van der Waals surface area contributed by atoms with Gasteiger partial charge in [0, 0.05) is 25.1 Å². The molecule has 2 amide bonds. The number of amides is 2. The largest absolute Gasteiger partial charge is 0.456 e. The molecule has 2 rings (SSSR count). The summed E-state index contributed by atoms with van der Waals surface area (Å²) in [5.74, 6) is 0.861. The van der Waals surface area contributed by atoms with E-state index in [4.69, 9.17) is 16.3 Å². The van der Waals surface area contributed by atoms with Gasteiger partial charge in [-0.25, -0.2) is 0 Å². The number of hydrogen-bond donors (Lipinski definition) is 2. The summed E-state index contributed by atoms with van der Waals surface area (Å²) >= 11 is 6.05. The maximum absolute atomic E-state index is 11.9. The first-order chi connectivity index (χ1) is 11.4. The molecule has 24 heavy (non-hydrogen) atoms. The molecule has 6 heteroatoms. The van der Waals surface area contributed by atoms with E-state index in [2.05, 4.69) is 10.6 Å². The Hall–Kier alpha value is -2.53. The van der Waals surface area contributed by atoms with Crippen LogP contribution in [0.25, 0.3) is 0 Å². The molecule has 2 aromatic rings. The molecule has 126 valence electrons. The van der Waals surface area contributed by atoms with Crippen LogP contribution in [0.4, 0.5) is 5.69 Å². The van der Waals surface area contributed by atoms with Gasteiger partial charge in [-0.15, -0.1) is 0 Å². The quantitative estimate of drug-likeness (QED) is 0.831. The summed E-state index contributed by atoms with van der Waals surface area (Å²) in [5, 5.41) is 5.98. The van der Waals surface area contributed by atoms with Crippen LogP contribution in [0.3, 0.4) is 0 Å². The lowest BCUT2D eigenvalue weighted by Gasteiger charge is -2.13. The second kappa shape index (κ2) is 8.36. The molecule has 2 N–H and O–H groups in total. The molecule has 0 aliphatic heterocycles. The number of rotatable bonds is 6. The molecule has 2 aromatic carbocycles. The van der Waals surface area contributed by atoms with Crippen molar-refractivity contribution in [3.05, 3.63) is 53.6 Å². The zero-order valence-electron chi connectivity index (χ0n) is 13.5. The van der Waals surface area contributed by atoms with Gasteiger partial charge in [0.05, 0.1) is 5.02 Å². The van der Waals surface area contributed by atoms with Crippen molar-refractivity contribution < 1.29 is 14.3 Å². The van der Waals surface area contributed by atoms with E-state index < -0.39 is 0 Å². The maximum atomic E-state index is 11.9. The Morgan fingerprint density at radius 2 is 1.79 bits per heavy atom. The summed E-state index contributed by atoms with van der Waals surface area (Å²) < 4.78 is 5.69. The molecule has 0 radical (unpaired) electrons. The van der Waals surface area contributed by atoms with Crippen LogP contribution in [0.15, 0.2) is 48.5 Å². The average molecular weight is 347 g/mol. The van der Waals surface area contributed by atoms with Gasteiger partial charge in [0.25, 0.3) is 0 Å². The Morgan fingerprint density at radius 3 is 2.42 bits per heavy atom. The summed E-state index contributed by atoms with van der Waals surface area (Å²) in [4.78, 5) is 22.9. The Balaban J connectivity index is 1.91. The maximum Gasteiger partial charge on any atom is 0.226 e. The van der Waals surface area contributed by atoms with Gasteiger partial charge < -0.3 is 15.4 Å². The SMILES string of the molecule is CC(=O)NC(C)CC(=O)Nc1ccc(Oc2ccccc2Cl)cc1. The van der Waals surface area contributed by atoms with Gasteiger partial charge >= 0.3 is 0 Å². The summed E-state index contributed by atoms with van der Waals surface area (Å²) in [5.41, 5.74) is 0.654. The number of anilines is 1. The van der Waals surface area contributed by atoms with Crippen LogP contribution in [0, 0.1) is 0 Å². The number of halogens is 1. The minimum Gasteiger partial charge on any atom is -0.456 e. The monoisotopic (exact) mass is 346 g/mol. The summed E-state index contributed by atoms with van der Waals surface area (Å²) in [7, 11) is 0. The zero-order valence-corrected chi connectivity index (χ0v) is 14.3. The lowest BCUT2D eigenvalue weighted by Crippen LogP contribution is -2.33. The molecule has 5 nitrogen and oxygen atoms in total. The van der Waals surface area contributed by atoms with Crippen molar-refractivity contribution in [2.45, 2.75) is 26.3 Å². The van der Waals surface area contributed by atoms with Crippen molar-refractivity contribution in [1.29, 1.82) is 0 Å². The summed E-state index contributed by atoms with van der Waals surface area (Å²) in [6.07, 6.45) is 0.206. The predicted octanol–water partition coefficient (Wildman–Crippen LogP) is 3.99. The normalized spacial score (nSPS) is 11.5. The number of ether oxygens (including phenoxy) is 1. The number of para-hydroxylation sites is 1. The van der Waals surface area contributed by atoms with Gasteiger partial charge in [0.15, 0.2) is 0 Å². The van der Waals surface area contributed by atoms with Gasteiger partial charge in [-0.1, -0.05) is 23.7 Å². The minimum absolute atomic E-state index is 0.156. The number of carbonyl (C=O) groups is 2. The zero-order chi connectivity index (χ0) is 17.5. The molecule has 0 heterocycles. The minimum atomic E-state index is -0.217. The first-order valence-corrected chi connectivity index (χ1v) is 7.91. The second-order valence-corrected chi connectivity index (χ2v) is 5.82. The molecule has 0 spiro atoms. The fraction of sp³-hybridized carbons (Fsp3) is 0.222. The van der Waals surface area contributed by atoms with Crippen LogP contribution < -0.4 is 15.4 Å². The van der Waals surface area contributed by atoms with E-state index in [1.165, 1.54) is 6.92 Å². The number of benzene rings is 2. The molecule has 0 saturated carbocycles. The van der Waals surface area contributed by atoms with Crippen molar-refractivity contribution in [2.75, 3.05) is 5.32 Å². The first-order valence-electron chi connectivity index (χ1n) is 7.53. The highest BCUT2D eigenvalue weighted by atomic mass is 35.5. The lowest BCUT2D eigenvalue weighted by atomic mass is 10.2. The van der Waals surface area contributed by atoms with E-state index in [1.807, 2.05) is 12.1 Å². The van der Waals surface area contributed by atoms with Crippen molar-refractivity contribution >= 4 is 29.1 Å². The molecule has 0 saturated heterocycles. The summed E-state index contributed by atoms with van der Waals surface area (Å²) in [6.45, 7) is 3.20. The lowest BCUT2D eigenvalue weighted by molar-refractivity contribution is -0.120. The molecular formula is C18H19ClN2O3. The standard InChI is InChI=1S/C18H19ClN2O3/c1-12(20-13(2)22)11-18(23)21-14-7-9-15(10-8-14)24-17-6-4-3-5-16(17)19/h3-10,12H,11H2,1-2H3,(H,20,22)(H,21,23). The van der Waals surface area contributed by atoms with E-state index in [0.29, 0.717) is 22.2 Å². The molecule has 0 aliphatic carbocycles. The predicted molar refractivity (Wildman–Crippen MR) is 94.5 cm³/mol. The number of hydrogen-bond acceptors (Lipinski definition) is 3. The van der Waals surface area contributed by atoms with Crippen LogP contribution in [0.1, 0.15) is 20.3 Å². The Morgan fingerprint density at radius 1 is 1.12 bits per heavy atom. The molecule has 0 aliphatic rings. The van der Waals surface area contributed by atoms with Gasteiger partial charge in [-0.2, -0.15) is 0 Å². The van der Waals surface area contributed by atoms with E-state index >= 15 is 0 Å². The number of carbonyl (C=O) groups excluding carboxylic acids is 2. The van der Waals surface area contributed by atoms with Gasteiger partial charge in [-0.05, 0) is 43.3 Å². The third-order valence-corrected chi connectivity index (χ3v) is 3.46. The van der Waals surface area contributed by atoms with E-state index in [-0.39, 0.29) is 24.3 Å². The van der Waals surface area contributed by atoms with Crippen LogP contribution in [-0.2, 0) is 9.59 Å². The molecule has 1 unspecified atom stereocenters. The Labute approximate surface area is 146 Å². The smallest absolute Gasteiger partial charge is 0.226 e. The van der Waals surface area contributed by atoms with E-state index in [9.17, 15) is 9.59 Å². The van der Waals surface area contributed by atoms with Crippen molar-refractivity contribution in [1.82, 2.24) is 5.32 Å². The molecule has 0 bridgehead atoms. The Kier molecular flexibility index (Phi) is 6.21. The second-order valence-electron chi connectivity index (χ2n) is 5.41. The Bertz CT molecular complexity index is 716. The van der Waals surface area contributed by atoms with Crippen LogP contribution in [0.5, 0.6) is 11.5 Å². The third kappa shape index (κ3) is 5.59. The fourth-order valence-electron chi connectivity index (χ4n) is 2.15. The summed E-state index contributed by atoms with van der Waals surface area (Å²) in [6, 6.07) is 14.0. The van der Waals surface area contributed by atoms with Crippen LogP contribution in [0.2, 0.25) is 5.02 Å². The van der Waals surface area contributed by atoms with Gasteiger partial charge in [0.1, 0.15) is 11.5 Å². The highest BCUT2D eigenvalue weighted by Crippen LogP contribution is 2.29. The topological polar surface area (TPSA) is 67.4 Å². The molecule has 0 aromatic heterocycles. The van der Waals surface area contributed by atoms with Crippen molar-refractivity contribution in [3.63, 3.8) is 0 Å². The number of nitrogens with one attached hydrogen (secondary N) is 2. The van der Waals surface area contributed by atoms with Gasteiger partial charge in [-0.3, -0.25) is 9.59 Å². The van der Waals surface area contributed by atoms with E-state index in [1.54, 1.807) is 43.3 Å². The van der Waals surface area contributed by atoms with Crippen LogP contribution in [-0.4, -0.2) is 17.9 Å². The highest BCUT2D eigenvalue weighted by Gasteiger charge is 2.10. The van der Waals surface area contributed by atoms with Crippen LogP contribution >= 0.6 is 11.6 Å². The molecule has 0 fully saturated rings. The third-order valence-electron chi connectivity index (χ3n) is 3.14. The molecular weight excluding hydrogens is 328 g/mol. The van der Waals surface area contributed by atoms with Crippen molar-refractivity contribution in [2.24, 2.45) is 0 Å². The highest BCUT2D eigenvalue weighted by molar-refractivity contribution is 6.32. The van der Waals surface area contributed by atoms with Crippen molar-refractivity contribution in [3.8, 4) is 11.5 Å². The molecule has 1 atom stereocenters. The van der Waals surface area contributed by atoms with E-state index in [0.717, 1.165) is 0 Å².